The van der Waals surface area contributed by atoms with Gasteiger partial charge in [-0.1, -0.05) is 121 Å². The Kier molecular flexibility index (Phi) is 17.2. The van der Waals surface area contributed by atoms with E-state index in [4.69, 9.17) is 20.9 Å². The number of aryl methyl sites for hydroxylation is 2. The fourth-order valence-electron chi connectivity index (χ4n) is 8.53. The predicted octanol–water partition coefficient (Wildman–Crippen LogP) is 14.9. The number of benzene rings is 3. The van der Waals surface area contributed by atoms with Gasteiger partial charge < -0.3 is 9.05 Å². The van der Waals surface area contributed by atoms with Crippen LogP contribution in [0, 0.1) is 0 Å². The summed E-state index contributed by atoms with van der Waals surface area (Å²) in [4.78, 5) is 0. The van der Waals surface area contributed by atoms with Crippen LogP contribution in [0.4, 0.5) is 0 Å². The van der Waals surface area contributed by atoms with E-state index in [1.807, 2.05) is 30.3 Å². The maximum absolute atomic E-state index is 6.71. The van der Waals surface area contributed by atoms with Crippen LogP contribution in [0.1, 0.15) is 141 Å². The van der Waals surface area contributed by atoms with Crippen molar-refractivity contribution in [3.05, 3.63) is 90.0 Å². The lowest BCUT2D eigenvalue weighted by atomic mass is 10.0. The van der Waals surface area contributed by atoms with E-state index >= 15 is 0 Å². The third-order valence-electron chi connectivity index (χ3n) is 12.1. The van der Waals surface area contributed by atoms with Gasteiger partial charge in [0.25, 0.3) is 0 Å². The van der Waals surface area contributed by atoms with E-state index in [1.165, 1.54) is 127 Å². The molecule has 0 aromatic heterocycles. The minimum Gasteiger partial charge on any atom is -0.432 e. The van der Waals surface area contributed by atoms with Crippen molar-refractivity contribution < 1.29 is 9.05 Å². The molecule has 4 saturated heterocycles. The van der Waals surface area contributed by atoms with Crippen LogP contribution in [-0.2, 0) is 24.6 Å². The fourth-order valence-corrected chi connectivity index (χ4v) is 16.3. The van der Waals surface area contributed by atoms with Crippen LogP contribution >= 0.6 is 53.5 Å². The third kappa shape index (κ3) is 14.2. The van der Waals surface area contributed by atoms with Crippen LogP contribution in [0.3, 0.4) is 0 Å². The molecule has 56 heavy (non-hydrogen) atoms. The molecule has 0 saturated carbocycles. The molecule has 0 radical (unpaired) electrons. The van der Waals surface area contributed by atoms with Crippen molar-refractivity contribution in [1.29, 1.82) is 0 Å². The van der Waals surface area contributed by atoms with Crippen molar-refractivity contribution in [2.24, 2.45) is 0 Å². The van der Waals surface area contributed by atoms with Gasteiger partial charge in [0.1, 0.15) is 11.5 Å². The molecule has 0 aliphatic carbocycles. The normalized spacial score (nSPS) is 27.0. The van der Waals surface area contributed by atoms with Crippen LogP contribution in [-0.4, -0.2) is 42.0 Å². The van der Waals surface area contributed by atoms with Gasteiger partial charge >= 0.3 is 6.49 Å². The largest absolute Gasteiger partial charge is 0.432 e. The first kappa shape index (κ1) is 43.4. The van der Waals surface area contributed by atoms with E-state index < -0.39 is 6.49 Å². The molecule has 3 aromatic rings. The van der Waals surface area contributed by atoms with Gasteiger partial charge in [-0.2, -0.15) is 47.0 Å². The molecule has 8 atom stereocenters. The van der Waals surface area contributed by atoms with Crippen LogP contribution in [0.2, 0.25) is 0 Å². The maximum Gasteiger partial charge on any atom is 0.319 e. The topological polar surface area (TPSA) is 18.5 Å². The number of unbranched alkanes of at least 4 members (excludes halogenated alkanes) is 8. The van der Waals surface area contributed by atoms with Crippen molar-refractivity contribution >= 4 is 70.7 Å². The van der Waals surface area contributed by atoms with Crippen LogP contribution in [0.5, 0.6) is 11.5 Å². The quantitative estimate of drug-likeness (QED) is 0.0388. The van der Waals surface area contributed by atoms with Crippen molar-refractivity contribution in [2.75, 3.05) is 0 Å². The van der Waals surface area contributed by atoms with Gasteiger partial charge in [0.2, 0.25) is 0 Å². The minimum absolute atomic E-state index is 0.811. The first-order valence-corrected chi connectivity index (χ1v) is 28.7. The zero-order valence-electron chi connectivity index (χ0n) is 34.1. The van der Waals surface area contributed by atoms with Crippen molar-refractivity contribution in [1.82, 2.24) is 0 Å². The molecular weight excluding hydrogens is 800 g/mol. The summed E-state index contributed by atoms with van der Waals surface area (Å²) in [5, 5.41) is 8.80. The smallest absolute Gasteiger partial charge is 0.319 e. The highest BCUT2D eigenvalue weighted by molar-refractivity contribution is 8.13. The minimum atomic E-state index is -2.85. The average Bonchev–Trinajstić information content (AvgIpc) is 4.04. The summed E-state index contributed by atoms with van der Waals surface area (Å²) in [5.41, 5.74) is 2.64. The predicted molar refractivity (Wildman–Crippen MR) is 257 cm³/mol. The van der Waals surface area contributed by atoms with Crippen LogP contribution < -0.4 is 14.4 Å². The second-order valence-electron chi connectivity index (χ2n) is 16.8. The molecule has 4 aliphatic heterocycles. The highest BCUT2D eigenvalue weighted by Crippen LogP contribution is 2.56. The van der Waals surface area contributed by atoms with E-state index in [9.17, 15) is 0 Å². The van der Waals surface area contributed by atoms with Crippen molar-refractivity contribution in [2.45, 2.75) is 184 Å². The zero-order chi connectivity index (χ0) is 38.6. The van der Waals surface area contributed by atoms with Gasteiger partial charge in [-0.05, 0) is 124 Å². The number of rotatable bonds is 29. The molecule has 3 aromatic carbocycles. The van der Waals surface area contributed by atoms with E-state index in [1.54, 1.807) is 0 Å². The second-order valence-corrected chi connectivity index (χ2v) is 26.1. The summed E-state index contributed by atoms with van der Waals surface area (Å²) in [7, 11) is 0. The van der Waals surface area contributed by atoms with E-state index in [0.29, 0.717) is 0 Å². The fraction of sp³-hybridized carbons (Fsp3) is 0.625. The summed E-state index contributed by atoms with van der Waals surface area (Å²) in [6, 6.07) is 27.4. The molecule has 306 valence electrons. The Labute approximate surface area is 362 Å². The van der Waals surface area contributed by atoms with Gasteiger partial charge in [-0.3, -0.25) is 0 Å². The Balaban J connectivity index is 0.793. The van der Waals surface area contributed by atoms with E-state index in [-0.39, 0.29) is 0 Å². The van der Waals surface area contributed by atoms with Gasteiger partial charge in [0.05, 0.1) is 5.30 Å². The first-order valence-electron chi connectivity index (χ1n) is 22.3. The molecular formula is C48H67O2PS5. The monoisotopic (exact) mass is 866 g/mol. The molecule has 4 heterocycles. The number of thioether (sulfide) groups is 4. The SMILES string of the molecule is CCCC1SC1CC1SC1CCCCCCCc1cccc(OP(=S)(Oc2cccc(CCCCCCCC3SC3CC3SC3CCC)c2)c2ccccc2)c1. The Bertz CT molecular complexity index is 1570. The summed E-state index contributed by atoms with van der Waals surface area (Å²) in [5.74, 6) is 1.62. The van der Waals surface area contributed by atoms with E-state index in [2.05, 4.69) is 109 Å². The molecule has 0 bridgehead atoms. The summed E-state index contributed by atoms with van der Waals surface area (Å²) in [6.07, 6.45) is 26.8. The van der Waals surface area contributed by atoms with Gasteiger partial charge in [-0.15, -0.1) is 0 Å². The number of hydrogen-bond donors (Lipinski definition) is 0. The molecule has 0 amide bonds. The average molecular weight is 867 g/mol. The molecule has 0 N–H and O–H groups in total. The molecule has 8 heteroatoms. The molecule has 4 aliphatic rings. The Morgan fingerprint density at radius 1 is 0.464 bits per heavy atom. The molecule has 2 nitrogen and oxygen atoms in total. The summed E-state index contributed by atoms with van der Waals surface area (Å²) >= 11 is 15.3. The third-order valence-corrected chi connectivity index (χ3v) is 20.8. The van der Waals surface area contributed by atoms with Crippen LogP contribution in [0.25, 0.3) is 0 Å². The van der Waals surface area contributed by atoms with Gasteiger partial charge in [0.15, 0.2) is 0 Å². The highest BCUT2D eigenvalue weighted by atomic mass is 32.5. The molecule has 4 fully saturated rings. The molecule has 0 spiro atoms. The summed E-state index contributed by atoms with van der Waals surface area (Å²) in [6.45, 7) is 1.80. The zero-order valence-corrected chi connectivity index (χ0v) is 39.0. The summed E-state index contributed by atoms with van der Waals surface area (Å²) < 4.78 is 13.4. The Morgan fingerprint density at radius 3 is 1.32 bits per heavy atom. The lowest BCUT2D eigenvalue weighted by molar-refractivity contribution is 0.497. The highest BCUT2D eigenvalue weighted by Gasteiger charge is 2.47. The number of hydrogen-bond acceptors (Lipinski definition) is 7. The molecule has 7 rings (SSSR count). The van der Waals surface area contributed by atoms with Crippen molar-refractivity contribution in [3.63, 3.8) is 0 Å². The second kappa shape index (κ2) is 22.2. The lowest BCUT2D eigenvalue weighted by Gasteiger charge is -2.24. The van der Waals surface area contributed by atoms with E-state index in [0.717, 1.165) is 71.6 Å². The maximum atomic E-state index is 6.71. The molecule has 8 unspecified atom stereocenters. The Morgan fingerprint density at radius 2 is 0.875 bits per heavy atom. The van der Waals surface area contributed by atoms with Gasteiger partial charge in [0, 0.05) is 42.0 Å². The lowest BCUT2D eigenvalue weighted by Crippen LogP contribution is -2.14. The standard InChI is InChI=1S/C48H67O2PS5/c1-3-20-41-45(53-41)34-47-43(55-47)30-16-9-5-7-12-22-36-24-18-26-38(32-36)49-51(52,40-28-14-11-15-29-40)50-39-27-19-25-37(33-39)23-13-8-6-10-17-31-44-48(56-44)35-46-42(54-46)21-4-2/h11,14-15,18-19,24-29,32-33,41-48H,3-10,12-13,16-17,20-23,30-31,34-35H2,1-2H3. The van der Waals surface area contributed by atoms with Gasteiger partial charge in [-0.25, -0.2) is 0 Å². The Hall–Kier alpha value is -0.690. The van der Waals surface area contributed by atoms with Crippen LogP contribution in [0.15, 0.2) is 78.9 Å². The first-order chi connectivity index (χ1) is 27.5. The van der Waals surface area contributed by atoms with Crippen molar-refractivity contribution in [3.8, 4) is 11.5 Å².